The third-order valence-corrected chi connectivity index (χ3v) is 7.75. The van der Waals surface area contributed by atoms with E-state index in [9.17, 15) is 4.57 Å². The molecular formula is C3H15O4PSi3. The summed E-state index contributed by atoms with van der Waals surface area (Å²) in [5, 5.41) is 0. The van der Waals surface area contributed by atoms with Gasteiger partial charge in [-0.05, 0) is 0 Å². The summed E-state index contributed by atoms with van der Waals surface area (Å²) in [6, 6.07) is 0. The Balaban J connectivity index is 3.91. The minimum absolute atomic E-state index is 0.699. The van der Waals surface area contributed by atoms with Crippen LogP contribution in [-0.2, 0) is 17.2 Å². The fourth-order valence-electron chi connectivity index (χ4n) is 0.586. The van der Waals surface area contributed by atoms with Gasteiger partial charge in [-0.2, -0.15) is 0 Å². The maximum absolute atomic E-state index is 11.5. The fourth-order valence-corrected chi connectivity index (χ4v) is 7.29. The normalized spacial score (nSPS) is 19.5. The van der Waals surface area contributed by atoms with Crippen LogP contribution in [0.1, 0.15) is 0 Å². The van der Waals surface area contributed by atoms with E-state index >= 15 is 0 Å². The molecule has 0 aliphatic rings. The van der Waals surface area contributed by atoms with Crippen molar-refractivity contribution < 1.29 is 17.2 Å². The molecule has 0 unspecified atom stereocenters. The summed E-state index contributed by atoms with van der Waals surface area (Å²) in [6.45, 7) is 5.73. The molecule has 8 heteroatoms. The van der Waals surface area contributed by atoms with E-state index in [0.717, 1.165) is 0 Å². The number of phosphoric acid groups is 1. The Morgan fingerprint density at radius 3 is 1.36 bits per heavy atom. The van der Waals surface area contributed by atoms with E-state index in [-0.39, 0.29) is 0 Å². The van der Waals surface area contributed by atoms with E-state index in [1.165, 1.54) is 0 Å². The maximum Gasteiger partial charge on any atom is 0.443 e. The van der Waals surface area contributed by atoms with E-state index in [1.807, 2.05) is 19.6 Å². The summed E-state index contributed by atoms with van der Waals surface area (Å²) in [7, 11) is -5.13. The van der Waals surface area contributed by atoms with Crippen LogP contribution in [0.5, 0.6) is 0 Å². The topological polar surface area (TPSA) is 44.8 Å². The molecule has 11 heavy (non-hydrogen) atoms. The van der Waals surface area contributed by atoms with Gasteiger partial charge in [0.05, 0.1) is 0 Å². The van der Waals surface area contributed by atoms with Gasteiger partial charge in [-0.15, -0.1) is 0 Å². The Labute approximate surface area is 74.5 Å². The van der Waals surface area contributed by atoms with Crippen LogP contribution in [-0.4, -0.2) is 29.3 Å². The largest absolute Gasteiger partial charge is 0.443 e. The van der Waals surface area contributed by atoms with E-state index in [0.29, 0.717) is 0 Å². The molecule has 0 atom stereocenters. The zero-order chi connectivity index (χ0) is 8.74. The van der Waals surface area contributed by atoms with E-state index in [1.54, 1.807) is 0 Å². The molecule has 0 saturated heterocycles. The van der Waals surface area contributed by atoms with Crippen LogP contribution in [0, 0.1) is 0 Å². The van der Waals surface area contributed by atoms with Gasteiger partial charge in [0.15, 0.2) is 29.3 Å². The van der Waals surface area contributed by atoms with Crippen molar-refractivity contribution in [1.29, 1.82) is 0 Å². The predicted molar refractivity (Wildman–Crippen MR) is 54.1 cm³/mol. The molecule has 0 aromatic heterocycles. The van der Waals surface area contributed by atoms with Crippen molar-refractivity contribution in [3.63, 3.8) is 0 Å². The van der Waals surface area contributed by atoms with E-state index in [4.69, 9.17) is 12.6 Å². The van der Waals surface area contributed by atoms with Gasteiger partial charge in [-0.3, -0.25) is 0 Å². The van der Waals surface area contributed by atoms with Gasteiger partial charge >= 0.3 is 7.82 Å². The van der Waals surface area contributed by atoms with Crippen molar-refractivity contribution in [1.82, 2.24) is 0 Å². The molecule has 0 fully saturated rings. The van der Waals surface area contributed by atoms with Gasteiger partial charge in [0, 0.05) is 0 Å². The van der Waals surface area contributed by atoms with Crippen molar-refractivity contribution in [3.05, 3.63) is 0 Å². The highest BCUT2D eigenvalue weighted by molar-refractivity contribution is 7.51. The average Bonchev–Trinajstić information content (AvgIpc) is 1.88. The lowest BCUT2D eigenvalue weighted by atomic mass is 11.9. The molecule has 0 aromatic rings. The third kappa shape index (κ3) is 5.07. The first kappa shape index (κ1) is 11.8. The first-order chi connectivity index (χ1) is 5.18. The standard InChI is InChI=1S/C3H15O4PSi3/c1-9-5-8(4,6-10-2)7-11-3/h9-11H2,1-3H3. The highest BCUT2D eigenvalue weighted by Crippen LogP contribution is 2.47. The lowest BCUT2D eigenvalue weighted by Crippen LogP contribution is -2.03. The summed E-state index contributed by atoms with van der Waals surface area (Å²) >= 11 is 0. The lowest BCUT2D eigenvalue weighted by Gasteiger charge is -2.16. The second kappa shape index (κ2) is 6.30. The molecule has 0 aliphatic carbocycles. The molecule has 4 nitrogen and oxygen atoms in total. The van der Waals surface area contributed by atoms with Crippen LogP contribution in [0.4, 0.5) is 0 Å². The minimum atomic E-state index is -3.03. The van der Waals surface area contributed by atoms with Gasteiger partial charge in [0.1, 0.15) is 0 Å². The molecule has 0 rings (SSSR count). The zero-order valence-corrected chi connectivity index (χ0v) is 12.3. The number of hydrogen-bond donors (Lipinski definition) is 0. The summed E-state index contributed by atoms with van der Waals surface area (Å²) in [5.41, 5.74) is 0. The van der Waals surface area contributed by atoms with Crippen LogP contribution in [0.3, 0.4) is 0 Å². The van der Waals surface area contributed by atoms with Crippen LogP contribution in [0.25, 0.3) is 0 Å². The molecule has 0 heterocycles. The first-order valence-corrected chi connectivity index (χ1v) is 11.2. The molecule has 0 aromatic carbocycles. The summed E-state index contributed by atoms with van der Waals surface area (Å²) in [6.07, 6.45) is 0. The van der Waals surface area contributed by atoms with Crippen molar-refractivity contribution in [2.24, 2.45) is 0 Å². The highest BCUT2D eigenvalue weighted by Gasteiger charge is 2.21. The second-order valence-corrected chi connectivity index (χ2v) is 7.43. The van der Waals surface area contributed by atoms with Crippen LogP contribution >= 0.6 is 7.82 Å². The van der Waals surface area contributed by atoms with Crippen molar-refractivity contribution in [2.45, 2.75) is 19.6 Å². The number of hydrogen-bond acceptors (Lipinski definition) is 4. The second-order valence-electron chi connectivity index (χ2n) is 1.70. The Morgan fingerprint density at radius 2 is 1.18 bits per heavy atom. The van der Waals surface area contributed by atoms with Crippen LogP contribution in [0.2, 0.25) is 19.6 Å². The van der Waals surface area contributed by atoms with Gasteiger partial charge < -0.3 is 12.6 Å². The Hall–Kier alpha value is 0.761. The quantitative estimate of drug-likeness (QED) is 0.457. The predicted octanol–water partition coefficient (Wildman–Crippen LogP) is -0.460. The monoisotopic (exact) mass is 230 g/mol. The third-order valence-electron chi connectivity index (χ3n) is 0.862. The smallest absolute Gasteiger partial charge is 0.339 e. The van der Waals surface area contributed by atoms with Crippen molar-refractivity contribution >= 4 is 37.1 Å². The first-order valence-electron chi connectivity index (χ1n) is 3.72. The Bertz CT molecular complexity index is 119. The van der Waals surface area contributed by atoms with Crippen LogP contribution in [0.15, 0.2) is 0 Å². The lowest BCUT2D eigenvalue weighted by molar-refractivity contribution is 0.318. The highest BCUT2D eigenvalue weighted by atomic mass is 31.2. The summed E-state index contributed by atoms with van der Waals surface area (Å²) in [4.78, 5) is 0. The Kier molecular flexibility index (Phi) is 6.73. The summed E-state index contributed by atoms with van der Waals surface area (Å²) < 4.78 is 26.5. The number of rotatable bonds is 6. The molecule has 0 radical (unpaired) electrons. The SMILES string of the molecule is C[SiH2]OP(=O)(O[SiH2]C)O[SiH2]C. The molecule has 0 spiro atoms. The van der Waals surface area contributed by atoms with Crippen molar-refractivity contribution in [2.75, 3.05) is 0 Å². The average molecular weight is 230 g/mol. The molecular weight excluding hydrogens is 215 g/mol. The van der Waals surface area contributed by atoms with Gasteiger partial charge in [0.25, 0.3) is 0 Å². The minimum Gasteiger partial charge on any atom is -0.339 e. The summed E-state index contributed by atoms with van der Waals surface area (Å²) in [5.74, 6) is 0. The molecule has 0 saturated carbocycles. The molecule has 0 bridgehead atoms. The molecule has 0 amide bonds. The zero-order valence-electron chi connectivity index (χ0n) is 7.20. The maximum atomic E-state index is 11.5. The molecule has 68 valence electrons. The van der Waals surface area contributed by atoms with E-state index < -0.39 is 37.1 Å². The molecule has 0 N–H and O–H groups in total. The van der Waals surface area contributed by atoms with Gasteiger partial charge in [-0.25, -0.2) is 4.57 Å². The fraction of sp³-hybridized carbons (Fsp3) is 1.00. The van der Waals surface area contributed by atoms with Crippen molar-refractivity contribution in [3.8, 4) is 0 Å². The van der Waals surface area contributed by atoms with E-state index in [2.05, 4.69) is 0 Å². The molecule has 0 aliphatic heterocycles. The Morgan fingerprint density at radius 1 is 0.909 bits per heavy atom. The van der Waals surface area contributed by atoms with Crippen LogP contribution < -0.4 is 0 Å². The van der Waals surface area contributed by atoms with Gasteiger partial charge in [0.2, 0.25) is 0 Å². The van der Waals surface area contributed by atoms with Gasteiger partial charge in [-0.1, -0.05) is 19.6 Å².